The zero-order chi connectivity index (χ0) is 12.3. The molecule has 1 saturated heterocycles. The van der Waals surface area contributed by atoms with Gasteiger partial charge >= 0.3 is 0 Å². The van der Waals surface area contributed by atoms with Crippen LogP contribution in [-0.4, -0.2) is 42.1 Å². The highest BCUT2D eigenvalue weighted by molar-refractivity contribution is 5.46. The van der Waals surface area contributed by atoms with Crippen molar-refractivity contribution in [2.75, 3.05) is 36.5 Å². The molecule has 1 aromatic heterocycles. The smallest absolute Gasteiger partial charge is 0.142 e. The third-order valence-corrected chi connectivity index (χ3v) is 3.38. The molecule has 1 aromatic rings. The van der Waals surface area contributed by atoms with Gasteiger partial charge in [0.15, 0.2) is 0 Å². The number of hydrazine groups is 1. The minimum absolute atomic E-state index is 0.574. The van der Waals surface area contributed by atoms with Gasteiger partial charge in [-0.25, -0.2) is 10.8 Å². The fraction of sp³-hybridized carbons (Fsp3) is 0.583. The van der Waals surface area contributed by atoms with Gasteiger partial charge in [-0.05, 0) is 25.6 Å². The average molecular weight is 235 g/mol. The Bertz CT molecular complexity index is 368. The van der Waals surface area contributed by atoms with Crippen LogP contribution in [0.2, 0.25) is 0 Å². The van der Waals surface area contributed by atoms with E-state index >= 15 is 0 Å². The SMILES string of the molecule is CCN1CCN(c2cccc(NN)n2)CC1C. The minimum atomic E-state index is 0.574. The number of aromatic nitrogens is 1. The van der Waals surface area contributed by atoms with Gasteiger partial charge in [0, 0.05) is 25.7 Å². The van der Waals surface area contributed by atoms with Gasteiger partial charge < -0.3 is 10.3 Å². The van der Waals surface area contributed by atoms with E-state index in [9.17, 15) is 0 Å². The maximum atomic E-state index is 5.38. The molecular formula is C12H21N5. The van der Waals surface area contributed by atoms with E-state index < -0.39 is 0 Å². The van der Waals surface area contributed by atoms with E-state index in [1.54, 1.807) is 0 Å². The van der Waals surface area contributed by atoms with Crippen LogP contribution >= 0.6 is 0 Å². The lowest BCUT2D eigenvalue weighted by molar-refractivity contribution is 0.199. The number of likely N-dealkylation sites (N-methyl/N-ethyl adjacent to an activating group) is 1. The fourth-order valence-electron chi connectivity index (χ4n) is 2.35. The molecule has 94 valence electrons. The lowest BCUT2D eigenvalue weighted by Gasteiger charge is -2.39. The van der Waals surface area contributed by atoms with Crippen molar-refractivity contribution in [3.8, 4) is 0 Å². The summed E-state index contributed by atoms with van der Waals surface area (Å²) >= 11 is 0. The lowest BCUT2D eigenvalue weighted by Crippen LogP contribution is -2.52. The van der Waals surface area contributed by atoms with Crippen LogP contribution in [0.1, 0.15) is 13.8 Å². The second-order valence-electron chi connectivity index (χ2n) is 4.45. The zero-order valence-electron chi connectivity index (χ0n) is 10.6. The molecule has 2 rings (SSSR count). The highest BCUT2D eigenvalue weighted by atomic mass is 15.3. The number of hydrogen-bond donors (Lipinski definition) is 2. The van der Waals surface area contributed by atoms with Gasteiger partial charge in [-0.2, -0.15) is 0 Å². The Hall–Kier alpha value is -1.33. The second kappa shape index (κ2) is 5.33. The first-order valence-corrected chi connectivity index (χ1v) is 6.17. The average Bonchev–Trinajstić information content (AvgIpc) is 2.38. The lowest BCUT2D eigenvalue weighted by atomic mass is 10.2. The van der Waals surface area contributed by atoms with Crippen LogP contribution in [0.25, 0.3) is 0 Å². The Balaban J connectivity index is 2.08. The van der Waals surface area contributed by atoms with E-state index in [1.165, 1.54) is 0 Å². The summed E-state index contributed by atoms with van der Waals surface area (Å²) in [7, 11) is 0. The van der Waals surface area contributed by atoms with E-state index in [0.717, 1.165) is 32.0 Å². The molecule has 1 aliphatic heterocycles. The van der Waals surface area contributed by atoms with Crippen LogP contribution in [0.3, 0.4) is 0 Å². The molecule has 1 atom stereocenters. The van der Waals surface area contributed by atoms with Gasteiger partial charge in [-0.1, -0.05) is 13.0 Å². The van der Waals surface area contributed by atoms with Crippen LogP contribution in [0, 0.1) is 0 Å². The molecule has 17 heavy (non-hydrogen) atoms. The van der Waals surface area contributed by atoms with E-state index in [-0.39, 0.29) is 0 Å². The molecule has 5 nitrogen and oxygen atoms in total. The first kappa shape index (κ1) is 12.1. The Labute approximate surface area is 103 Å². The van der Waals surface area contributed by atoms with Gasteiger partial charge in [0.2, 0.25) is 0 Å². The topological polar surface area (TPSA) is 57.4 Å². The molecule has 3 N–H and O–H groups in total. The normalized spacial score (nSPS) is 21.6. The van der Waals surface area contributed by atoms with E-state index in [0.29, 0.717) is 11.9 Å². The van der Waals surface area contributed by atoms with Crippen molar-refractivity contribution in [2.45, 2.75) is 19.9 Å². The van der Waals surface area contributed by atoms with Gasteiger partial charge in [0.1, 0.15) is 11.6 Å². The number of nitrogen functional groups attached to an aromatic ring is 1. The van der Waals surface area contributed by atoms with Crippen molar-refractivity contribution in [2.24, 2.45) is 5.84 Å². The largest absolute Gasteiger partial charge is 0.354 e. The highest BCUT2D eigenvalue weighted by Crippen LogP contribution is 2.18. The first-order valence-electron chi connectivity index (χ1n) is 6.17. The number of hydrogen-bond acceptors (Lipinski definition) is 5. The monoisotopic (exact) mass is 235 g/mol. The molecule has 5 heteroatoms. The number of nitrogens with zero attached hydrogens (tertiary/aromatic N) is 3. The van der Waals surface area contributed by atoms with Crippen molar-refractivity contribution in [1.82, 2.24) is 9.88 Å². The predicted molar refractivity (Wildman–Crippen MR) is 71.0 cm³/mol. The molecule has 1 aliphatic rings. The van der Waals surface area contributed by atoms with Crippen LogP contribution in [0.4, 0.5) is 11.6 Å². The number of pyridine rings is 1. The van der Waals surface area contributed by atoms with Crippen molar-refractivity contribution < 1.29 is 0 Å². The second-order valence-corrected chi connectivity index (χ2v) is 4.45. The Morgan fingerprint density at radius 3 is 2.94 bits per heavy atom. The summed E-state index contributed by atoms with van der Waals surface area (Å²) in [6.45, 7) is 8.74. The van der Waals surface area contributed by atoms with E-state index in [1.807, 2.05) is 18.2 Å². The quantitative estimate of drug-likeness (QED) is 0.602. The standard InChI is InChI=1S/C12H21N5/c1-3-16-7-8-17(9-10(16)2)12-6-4-5-11(14-12)15-13/h4-6,10H,3,7-9,13H2,1-2H3,(H,14,15). The zero-order valence-corrected chi connectivity index (χ0v) is 10.6. The molecule has 0 aromatic carbocycles. The molecule has 1 fully saturated rings. The third-order valence-electron chi connectivity index (χ3n) is 3.38. The summed E-state index contributed by atoms with van der Waals surface area (Å²) in [5, 5.41) is 0. The molecule has 0 spiro atoms. The summed E-state index contributed by atoms with van der Waals surface area (Å²) < 4.78 is 0. The fourth-order valence-corrected chi connectivity index (χ4v) is 2.35. The summed E-state index contributed by atoms with van der Waals surface area (Å²) in [5.41, 5.74) is 2.59. The predicted octanol–water partition coefficient (Wildman–Crippen LogP) is 0.898. The van der Waals surface area contributed by atoms with Crippen LogP contribution in [0.5, 0.6) is 0 Å². The third kappa shape index (κ3) is 2.68. The highest BCUT2D eigenvalue weighted by Gasteiger charge is 2.23. The molecule has 0 saturated carbocycles. The first-order chi connectivity index (χ1) is 8.24. The summed E-state index contributed by atoms with van der Waals surface area (Å²) in [5.74, 6) is 7.10. The van der Waals surface area contributed by atoms with Crippen LogP contribution < -0.4 is 16.2 Å². The maximum Gasteiger partial charge on any atom is 0.142 e. The Morgan fingerprint density at radius 1 is 1.47 bits per heavy atom. The Kier molecular flexibility index (Phi) is 3.81. The number of anilines is 2. The van der Waals surface area contributed by atoms with Crippen LogP contribution in [0.15, 0.2) is 18.2 Å². The van der Waals surface area contributed by atoms with Gasteiger partial charge in [0.05, 0.1) is 0 Å². The van der Waals surface area contributed by atoms with Gasteiger partial charge in [-0.3, -0.25) is 4.90 Å². The molecular weight excluding hydrogens is 214 g/mol. The van der Waals surface area contributed by atoms with Crippen molar-refractivity contribution in [1.29, 1.82) is 0 Å². The van der Waals surface area contributed by atoms with E-state index in [2.05, 4.69) is 34.1 Å². The van der Waals surface area contributed by atoms with Gasteiger partial charge in [-0.15, -0.1) is 0 Å². The number of nitrogens with two attached hydrogens (primary N) is 1. The maximum absolute atomic E-state index is 5.38. The molecule has 0 amide bonds. The molecule has 0 bridgehead atoms. The molecule has 1 unspecified atom stereocenters. The molecule has 2 heterocycles. The van der Waals surface area contributed by atoms with Crippen molar-refractivity contribution >= 4 is 11.6 Å². The van der Waals surface area contributed by atoms with E-state index in [4.69, 9.17) is 5.84 Å². The molecule has 0 radical (unpaired) electrons. The van der Waals surface area contributed by atoms with Gasteiger partial charge in [0.25, 0.3) is 0 Å². The summed E-state index contributed by atoms with van der Waals surface area (Å²) in [6, 6.07) is 6.46. The molecule has 0 aliphatic carbocycles. The number of rotatable bonds is 3. The minimum Gasteiger partial charge on any atom is -0.354 e. The van der Waals surface area contributed by atoms with Crippen molar-refractivity contribution in [3.63, 3.8) is 0 Å². The number of nitrogens with one attached hydrogen (secondary N) is 1. The van der Waals surface area contributed by atoms with Crippen LogP contribution in [-0.2, 0) is 0 Å². The summed E-state index contributed by atoms with van der Waals surface area (Å²) in [6.07, 6.45) is 0. The van der Waals surface area contributed by atoms with Crippen molar-refractivity contribution in [3.05, 3.63) is 18.2 Å². The Morgan fingerprint density at radius 2 is 2.29 bits per heavy atom. The number of piperazine rings is 1. The summed E-state index contributed by atoms with van der Waals surface area (Å²) in [4.78, 5) is 9.28.